The van der Waals surface area contributed by atoms with E-state index in [1.165, 1.54) is 11.3 Å². The predicted molar refractivity (Wildman–Crippen MR) is 96.1 cm³/mol. The van der Waals surface area contributed by atoms with Crippen LogP contribution in [0.25, 0.3) is 26.9 Å². The Morgan fingerprint density at radius 1 is 1.04 bits per heavy atom. The molecule has 24 heavy (non-hydrogen) atoms. The Morgan fingerprint density at radius 2 is 1.88 bits per heavy atom. The highest BCUT2D eigenvalue weighted by Gasteiger charge is 2.18. The number of halogens is 2. The molecule has 0 atom stereocenters. The number of hydrogen-bond acceptors (Lipinski definition) is 5. The first-order chi connectivity index (χ1) is 11.7. The molecule has 2 heterocycles. The highest BCUT2D eigenvalue weighted by molar-refractivity contribution is 7.19. The molecule has 2 aromatic carbocycles. The number of hydrogen-bond donors (Lipinski definition) is 0. The molecule has 0 aliphatic rings. The van der Waals surface area contributed by atoms with Crippen molar-refractivity contribution in [3.8, 4) is 27.7 Å². The molecule has 120 valence electrons. The lowest BCUT2D eigenvalue weighted by Crippen LogP contribution is -1.93. The van der Waals surface area contributed by atoms with Gasteiger partial charge in [-0.3, -0.25) is 0 Å². The number of methoxy groups -OCH3 is 1. The number of benzene rings is 2. The smallest absolute Gasteiger partial charge is 0.235 e. The Morgan fingerprint density at radius 3 is 2.67 bits per heavy atom. The van der Waals surface area contributed by atoms with E-state index in [2.05, 4.69) is 15.3 Å². The van der Waals surface area contributed by atoms with Crippen molar-refractivity contribution in [1.82, 2.24) is 19.8 Å². The molecule has 0 saturated carbocycles. The second kappa shape index (κ2) is 6.05. The standard InChI is InChI=1S/C16H10Cl2N4OS/c1-23-13-5-3-2-4-11(13)15-21-22-14(19-20-16(22)24-15)10-7-6-9(17)8-12(10)18/h2-8H,1H3. The van der Waals surface area contributed by atoms with Crippen LogP contribution in [0.5, 0.6) is 5.75 Å². The summed E-state index contributed by atoms with van der Waals surface area (Å²) in [4.78, 5) is 0.678. The van der Waals surface area contributed by atoms with Crippen LogP contribution in [-0.4, -0.2) is 26.9 Å². The summed E-state index contributed by atoms with van der Waals surface area (Å²) in [6, 6.07) is 13.0. The van der Waals surface area contributed by atoms with Crippen molar-refractivity contribution in [1.29, 1.82) is 0 Å². The van der Waals surface area contributed by atoms with Crippen LogP contribution in [0.15, 0.2) is 42.5 Å². The molecule has 4 aromatic rings. The molecule has 4 rings (SSSR count). The maximum Gasteiger partial charge on any atom is 0.235 e. The Kier molecular flexibility index (Phi) is 3.88. The van der Waals surface area contributed by atoms with Gasteiger partial charge >= 0.3 is 0 Å². The van der Waals surface area contributed by atoms with Gasteiger partial charge in [0.1, 0.15) is 5.75 Å². The van der Waals surface area contributed by atoms with Crippen molar-refractivity contribution in [3.05, 3.63) is 52.5 Å². The minimum atomic E-state index is 0.503. The van der Waals surface area contributed by atoms with Gasteiger partial charge in [-0.15, -0.1) is 10.2 Å². The van der Waals surface area contributed by atoms with Crippen LogP contribution in [-0.2, 0) is 0 Å². The quantitative estimate of drug-likeness (QED) is 0.513. The van der Waals surface area contributed by atoms with Gasteiger partial charge in [0.2, 0.25) is 4.96 Å². The zero-order valence-corrected chi connectivity index (χ0v) is 14.7. The zero-order chi connectivity index (χ0) is 16.7. The van der Waals surface area contributed by atoms with Gasteiger partial charge in [0.05, 0.1) is 17.7 Å². The van der Waals surface area contributed by atoms with Gasteiger partial charge in [-0.1, -0.05) is 46.7 Å². The molecule has 0 N–H and O–H groups in total. The molecular formula is C16H10Cl2N4OS. The summed E-state index contributed by atoms with van der Waals surface area (Å²) in [5.74, 6) is 1.33. The predicted octanol–water partition coefficient (Wildman–Crippen LogP) is 4.84. The lowest BCUT2D eigenvalue weighted by molar-refractivity contribution is 0.416. The summed E-state index contributed by atoms with van der Waals surface area (Å²) >= 11 is 13.7. The van der Waals surface area contributed by atoms with E-state index in [0.29, 0.717) is 20.8 Å². The average molecular weight is 377 g/mol. The first-order valence-corrected chi connectivity index (χ1v) is 8.55. The summed E-state index contributed by atoms with van der Waals surface area (Å²) < 4.78 is 7.09. The van der Waals surface area contributed by atoms with Crippen LogP contribution >= 0.6 is 34.5 Å². The topological polar surface area (TPSA) is 52.3 Å². The Bertz CT molecular complexity index is 1040. The van der Waals surface area contributed by atoms with Gasteiger partial charge in [0, 0.05) is 10.6 Å². The lowest BCUT2D eigenvalue weighted by atomic mass is 10.2. The van der Waals surface area contributed by atoms with Gasteiger partial charge in [0.15, 0.2) is 10.8 Å². The Balaban J connectivity index is 1.87. The van der Waals surface area contributed by atoms with E-state index in [-0.39, 0.29) is 0 Å². The number of fused-ring (bicyclic) bond motifs is 1. The Hall–Kier alpha value is -2.15. The van der Waals surface area contributed by atoms with Gasteiger partial charge < -0.3 is 4.74 Å². The number of rotatable bonds is 3. The van der Waals surface area contributed by atoms with Crippen LogP contribution in [0.1, 0.15) is 0 Å². The van der Waals surface area contributed by atoms with Crippen LogP contribution in [0, 0.1) is 0 Å². The number of ether oxygens (including phenoxy) is 1. The van der Waals surface area contributed by atoms with Crippen LogP contribution < -0.4 is 4.74 Å². The van der Waals surface area contributed by atoms with Crippen LogP contribution in [0.2, 0.25) is 10.0 Å². The summed E-state index contributed by atoms with van der Waals surface area (Å²) in [5, 5.41) is 14.9. The van der Waals surface area contributed by atoms with Crippen molar-refractivity contribution in [2.24, 2.45) is 0 Å². The van der Waals surface area contributed by atoms with E-state index in [1.807, 2.05) is 30.3 Å². The molecule has 0 unspecified atom stereocenters. The fourth-order valence-corrected chi connectivity index (χ4v) is 3.75. The third kappa shape index (κ3) is 2.53. The highest BCUT2D eigenvalue weighted by Crippen LogP contribution is 2.35. The van der Waals surface area contributed by atoms with Crippen molar-refractivity contribution in [3.63, 3.8) is 0 Å². The summed E-state index contributed by atoms with van der Waals surface area (Å²) in [6.07, 6.45) is 0. The van der Waals surface area contributed by atoms with Crippen LogP contribution in [0.4, 0.5) is 0 Å². The minimum absolute atomic E-state index is 0.503. The largest absolute Gasteiger partial charge is 0.496 e. The number of aromatic nitrogens is 4. The molecule has 0 bridgehead atoms. The van der Waals surface area contributed by atoms with E-state index >= 15 is 0 Å². The third-order valence-electron chi connectivity index (χ3n) is 3.50. The molecule has 0 fully saturated rings. The van der Waals surface area contributed by atoms with Gasteiger partial charge in [-0.05, 0) is 30.3 Å². The van der Waals surface area contributed by atoms with E-state index in [0.717, 1.165) is 21.9 Å². The van der Waals surface area contributed by atoms with Crippen molar-refractivity contribution in [2.75, 3.05) is 7.11 Å². The lowest BCUT2D eigenvalue weighted by Gasteiger charge is -2.04. The highest BCUT2D eigenvalue weighted by atomic mass is 35.5. The molecule has 2 aromatic heterocycles. The Labute approximate surface area is 151 Å². The molecule has 0 aliphatic carbocycles. The minimum Gasteiger partial charge on any atom is -0.496 e. The molecular weight excluding hydrogens is 367 g/mol. The number of nitrogens with zero attached hydrogens (tertiary/aromatic N) is 4. The first-order valence-electron chi connectivity index (χ1n) is 6.98. The second-order valence-electron chi connectivity index (χ2n) is 4.95. The summed E-state index contributed by atoms with van der Waals surface area (Å²) in [6.45, 7) is 0. The molecule has 0 aliphatic heterocycles. The summed E-state index contributed by atoms with van der Waals surface area (Å²) in [5.41, 5.74) is 1.63. The fourth-order valence-electron chi connectivity index (χ4n) is 2.39. The van der Waals surface area contributed by atoms with Crippen LogP contribution in [0.3, 0.4) is 0 Å². The van der Waals surface area contributed by atoms with Gasteiger partial charge in [-0.2, -0.15) is 9.61 Å². The molecule has 0 spiro atoms. The maximum atomic E-state index is 6.28. The summed E-state index contributed by atoms with van der Waals surface area (Å²) in [7, 11) is 1.64. The fraction of sp³-hybridized carbons (Fsp3) is 0.0625. The van der Waals surface area contributed by atoms with E-state index in [1.54, 1.807) is 23.8 Å². The SMILES string of the molecule is COc1ccccc1-c1nn2c(-c3ccc(Cl)cc3Cl)nnc2s1. The van der Waals surface area contributed by atoms with Crippen molar-refractivity contribution in [2.45, 2.75) is 0 Å². The molecule has 5 nitrogen and oxygen atoms in total. The monoisotopic (exact) mass is 376 g/mol. The molecule has 8 heteroatoms. The number of para-hydroxylation sites is 1. The van der Waals surface area contributed by atoms with E-state index in [9.17, 15) is 0 Å². The van der Waals surface area contributed by atoms with Gasteiger partial charge in [-0.25, -0.2) is 0 Å². The second-order valence-corrected chi connectivity index (χ2v) is 6.75. The molecule has 0 saturated heterocycles. The van der Waals surface area contributed by atoms with Gasteiger partial charge in [0.25, 0.3) is 0 Å². The van der Waals surface area contributed by atoms with Crippen molar-refractivity contribution >= 4 is 39.5 Å². The normalized spacial score (nSPS) is 11.1. The zero-order valence-electron chi connectivity index (χ0n) is 12.4. The molecule has 0 amide bonds. The van der Waals surface area contributed by atoms with E-state index < -0.39 is 0 Å². The van der Waals surface area contributed by atoms with Crippen molar-refractivity contribution < 1.29 is 4.74 Å². The maximum absolute atomic E-state index is 6.28. The first kappa shape index (κ1) is 15.4. The molecule has 0 radical (unpaired) electrons. The third-order valence-corrected chi connectivity index (χ3v) is 4.98. The van der Waals surface area contributed by atoms with E-state index in [4.69, 9.17) is 27.9 Å². The average Bonchev–Trinajstić information content (AvgIpc) is 3.16.